The summed E-state index contributed by atoms with van der Waals surface area (Å²) in [4.78, 5) is 0.197. The predicted octanol–water partition coefficient (Wildman–Crippen LogP) is 0.720. The van der Waals surface area contributed by atoms with Crippen molar-refractivity contribution >= 4 is 21.8 Å². The Hall–Kier alpha value is -0.850. The summed E-state index contributed by atoms with van der Waals surface area (Å²) in [6.07, 6.45) is 0. The van der Waals surface area contributed by atoms with Crippen molar-refractivity contribution in [3.63, 3.8) is 0 Å². The summed E-state index contributed by atoms with van der Waals surface area (Å²) in [6, 6.07) is 5.02. The molecule has 0 amide bonds. The molecule has 12 heavy (non-hydrogen) atoms. The molecule has 0 fully saturated rings. The van der Waals surface area contributed by atoms with E-state index in [0.717, 1.165) is 0 Å². The number of hydrogen-bond donors (Lipinski definition) is 1. The van der Waals surface area contributed by atoms with Crippen LogP contribution < -0.4 is 0 Å². The lowest BCUT2D eigenvalue weighted by molar-refractivity contribution is 0.483. The molecule has 6 heteroatoms. The molecule has 0 bridgehead atoms. The third-order valence-electron chi connectivity index (χ3n) is 1.22. The largest absolute Gasteiger partial charge is 0.505 e. The van der Waals surface area contributed by atoms with Gasteiger partial charge in [0.2, 0.25) is 0 Å². The SMILES string of the molecule is O=[S+]c1ccc(S(=O)(=O)O)cc1. The van der Waals surface area contributed by atoms with Crippen LogP contribution in [-0.4, -0.2) is 13.0 Å². The van der Waals surface area contributed by atoms with Gasteiger partial charge in [-0.05, 0) is 12.1 Å². The van der Waals surface area contributed by atoms with Crippen molar-refractivity contribution < 1.29 is 17.2 Å². The normalized spacial score (nSPS) is 11.1. The highest BCUT2D eigenvalue weighted by Crippen LogP contribution is 2.09. The molecule has 0 spiro atoms. The second kappa shape index (κ2) is 3.26. The second-order valence-corrected chi connectivity index (χ2v) is 4.09. The van der Waals surface area contributed by atoms with Crippen molar-refractivity contribution in [1.82, 2.24) is 0 Å². The van der Waals surface area contributed by atoms with Gasteiger partial charge in [0.1, 0.15) is 0 Å². The quantitative estimate of drug-likeness (QED) is 0.570. The summed E-state index contributed by atoms with van der Waals surface area (Å²) in [5.41, 5.74) is 0. The van der Waals surface area contributed by atoms with Crippen molar-refractivity contribution in [2.75, 3.05) is 0 Å². The molecule has 1 N–H and O–H groups in total. The van der Waals surface area contributed by atoms with Crippen LogP contribution in [0, 0.1) is 0 Å². The van der Waals surface area contributed by atoms with E-state index in [1.54, 1.807) is 0 Å². The van der Waals surface area contributed by atoms with E-state index in [4.69, 9.17) is 4.55 Å². The molecule has 0 atom stereocenters. The molecule has 1 aromatic rings. The molecule has 0 aromatic heterocycles. The minimum absolute atomic E-state index is 0.208. The van der Waals surface area contributed by atoms with E-state index in [1.165, 1.54) is 24.3 Å². The van der Waals surface area contributed by atoms with Crippen molar-refractivity contribution in [1.29, 1.82) is 0 Å². The van der Waals surface area contributed by atoms with Gasteiger partial charge in [-0.3, -0.25) is 4.55 Å². The molecule has 64 valence electrons. The fourth-order valence-corrected chi connectivity index (χ4v) is 1.39. The zero-order valence-electron chi connectivity index (χ0n) is 5.80. The lowest BCUT2D eigenvalue weighted by atomic mass is 10.4. The van der Waals surface area contributed by atoms with E-state index in [2.05, 4.69) is 0 Å². The van der Waals surface area contributed by atoms with Gasteiger partial charge in [0, 0.05) is 16.3 Å². The van der Waals surface area contributed by atoms with Gasteiger partial charge in [0.05, 0.1) is 4.90 Å². The van der Waals surface area contributed by atoms with Crippen molar-refractivity contribution in [2.45, 2.75) is 9.79 Å². The minimum Gasteiger partial charge on any atom is -0.282 e. The maximum absolute atomic E-state index is 10.5. The van der Waals surface area contributed by atoms with Gasteiger partial charge in [-0.1, -0.05) is 0 Å². The Morgan fingerprint density at radius 3 is 2.00 bits per heavy atom. The molecule has 1 rings (SSSR count). The van der Waals surface area contributed by atoms with Crippen LogP contribution in [0.1, 0.15) is 0 Å². The van der Waals surface area contributed by atoms with Crippen LogP contribution in [0.2, 0.25) is 0 Å². The standard InChI is InChI=1S/C6H4O4S2/c7-11-5-1-3-6(4-2-5)12(8,9)10/h1-4H/p+1. The highest BCUT2D eigenvalue weighted by Gasteiger charge is 2.11. The summed E-state index contributed by atoms with van der Waals surface area (Å²) in [5, 5.41) is 0. The molecule has 0 unspecified atom stereocenters. The highest BCUT2D eigenvalue weighted by molar-refractivity contribution is 7.85. The van der Waals surface area contributed by atoms with Crippen LogP contribution in [0.15, 0.2) is 34.1 Å². The average Bonchev–Trinajstić information content (AvgIpc) is 2.03. The van der Waals surface area contributed by atoms with Gasteiger partial charge in [0.15, 0.2) is 0 Å². The maximum Gasteiger partial charge on any atom is 0.505 e. The molecule has 4 nitrogen and oxygen atoms in total. The molecule has 0 saturated heterocycles. The summed E-state index contributed by atoms with van der Waals surface area (Å²) in [5.74, 6) is 0. The van der Waals surface area contributed by atoms with Gasteiger partial charge in [-0.25, -0.2) is 0 Å². The van der Waals surface area contributed by atoms with Gasteiger partial charge < -0.3 is 0 Å². The maximum atomic E-state index is 10.5. The molecule has 0 aliphatic heterocycles. The topological polar surface area (TPSA) is 71.4 Å². The van der Waals surface area contributed by atoms with Crippen LogP contribution in [0.5, 0.6) is 0 Å². The molecule has 0 saturated carbocycles. The van der Waals surface area contributed by atoms with Crippen LogP contribution in [-0.2, 0) is 26.0 Å². The molecular formula is C6H5O4S2+. The number of benzene rings is 1. The number of hydrogen-bond acceptors (Lipinski definition) is 3. The molecule has 0 radical (unpaired) electrons. The highest BCUT2D eigenvalue weighted by atomic mass is 32.2. The third-order valence-corrected chi connectivity index (χ3v) is 2.55. The van der Waals surface area contributed by atoms with Crippen molar-refractivity contribution in [2.24, 2.45) is 0 Å². The van der Waals surface area contributed by atoms with Crippen LogP contribution in [0.25, 0.3) is 0 Å². The fraction of sp³-hybridized carbons (Fsp3) is 0. The molecule has 0 aliphatic carbocycles. The summed E-state index contributed by atoms with van der Waals surface area (Å²) >= 11 is 0.262. The van der Waals surface area contributed by atoms with Gasteiger partial charge in [-0.15, -0.1) is 0 Å². The Morgan fingerprint density at radius 1 is 1.17 bits per heavy atom. The zero-order chi connectivity index (χ0) is 9.19. The average molecular weight is 205 g/mol. The van der Waals surface area contributed by atoms with E-state index in [1.807, 2.05) is 0 Å². The first-order valence-corrected chi connectivity index (χ1v) is 5.09. The minimum atomic E-state index is -4.14. The molecule has 0 aliphatic rings. The number of rotatable bonds is 2. The Labute approximate surface area is 73.5 Å². The molecule has 1 aromatic carbocycles. The monoisotopic (exact) mass is 205 g/mol. The lowest BCUT2D eigenvalue weighted by Gasteiger charge is -1.91. The second-order valence-electron chi connectivity index (χ2n) is 2.03. The summed E-state index contributed by atoms with van der Waals surface area (Å²) in [6.45, 7) is 0. The molecular weight excluding hydrogens is 200 g/mol. The van der Waals surface area contributed by atoms with E-state index < -0.39 is 10.1 Å². The van der Waals surface area contributed by atoms with Gasteiger partial charge in [0.25, 0.3) is 15.0 Å². The predicted molar refractivity (Wildman–Crippen MR) is 42.6 cm³/mol. The van der Waals surface area contributed by atoms with E-state index in [-0.39, 0.29) is 16.6 Å². The first-order chi connectivity index (χ1) is 5.54. The van der Waals surface area contributed by atoms with Crippen molar-refractivity contribution in [3.8, 4) is 0 Å². The Balaban J connectivity index is 3.17. The molecule has 0 heterocycles. The Bertz CT molecular complexity index is 379. The zero-order valence-corrected chi connectivity index (χ0v) is 7.43. The summed E-state index contributed by atoms with van der Waals surface area (Å²) < 4.78 is 39.7. The smallest absolute Gasteiger partial charge is 0.282 e. The van der Waals surface area contributed by atoms with Gasteiger partial charge >= 0.3 is 11.7 Å². The van der Waals surface area contributed by atoms with Gasteiger partial charge in [-0.2, -0.15) is 8.42 Å². The fourth-order valence-electron chi connectivity index (χ4n) is 0.667. The van der Waals surface area contributed by atoms with Crippen LogP contribution >= 0.6 is 0 Å². The Kier molecular flexibility index (Phi) is 2.51. The first kappa shape index (κ1) is 9.24. The van der Waals surface area contributed by atoms with Crippen LogP contribution in [0.4, 0.5) is 0 Å². The van der Waals surface area contributed by atoms with E-state index in [9.17, 15) is 12.6 Å². The Morgan fingerprint density at radius 2 is 1.67 bits per heavy atom. The van der Waals surface area contributed by atoms with Crippen LogP contribution in [0.3, 0.4) is 0 Å². The van der Waals surface area contributed by atoms with E-state index >= 15 is 0 Å². The van der Waals surface area contributed by atoms with Crippen molar-refractivity contribution in [3.05, 3.63) is 24.3 Å². The lowest BCUT2D eigenvalue weighted by Crippen LogP contribution is -1.97. The third kappa shape index (κ3) is 2.07. The summed E-state index contributed by atoms with van der Waals surface area (Å²) in [7, 11) is -4.14. The van der Waals surface area contributed by atoms with E-state index in [0.29, 0.717) is 4.90 Å². The first-order valence-electron chi connectivity index (χ1n) is 2.91.